The molecule has 0 aromatic heterocycles. The third-order valence-electron chi connectivity index (χ3n) is 5.74. The summed E-state index contributed by atoms with van der Waals surface area (Å²) in [5.74, 6) is -1.45. The van der Waals surface area contributed by atoms with Crippen molar-refractivity contribution in [3.05, 3.63) is 40.5 Å². The lowest BCUT2D eigenvalue weighted by atomic mass is 9.98. The smallest absolute Gasteiger partial charge is 0.347 e. The van der Waals surface area contributed by atoms with Crippen LogP contribution in [0.5, 0.6) is 28.7 Å². The molecule has 0 atom stereocenters. The lowest BCUT2D eigenvalue weighted by molar-refractivity contribution is 0.0595. The second-order valence-corrected chi connectivity index (χ2v) is 8.09. The molecular weight excluding hydrogens is 440 g/mol. The molecule has 0 radical (unpaired) electrons. The maximum atomic E-state index is 13.0. The summed E-state index contributed by atoms with van der Waals surface area (Å²) in [7, 11) is 2.66. The first-order valence-electron chi connectivity index (χ1n) is 11.5. The van der Waals surface area contributed by atoms with Crippen molar-refractivity contribution >= 4 is 17.7 Å². The number of hydrogen-bond acceptors (Lipinski definition) is 8. The van der Waals surface area contributed by atoms with Gasteiger partial charge in [-0.05, 0) is 25.3 Å². The molecule has 1 N–H and O–H groups in total. The van der Waals surface area contributed by atoms with E-state index in [4.69, 9.17) is 18.9 Å². The highest BCUT2D eigenvalue weighted by molar-refractivity contribution is 6.04. The van der Waals surface area contributed by atoms with E-state index in [0.29, 0.717) is 24.8 Å². The van der Waals surface area contributed by atoms with Crippen molar-refractivity contribution in [2.24, 2.45) is 0 Å². The highest BCUT2D eigenvalue weighted by Crippen LogP contribution is 2.46. The van der Waals surface area contributed by atoms with E-state index in [0.717, 1.165) is 25.7 Å². The van der Waals surface area contributed by atoms with Crippen LogP contribution in [0.15, 0.2) is 18.2 Å². The van der Waals surface area contributed by atoms with Gasteiger partial charge in [0.05, 0.1) is 19.8 Å². The monoisotopic (exact) mass is 470 g/mol. The summed E-state index contributed by atoms with van der Waals surface area (Å²) in [4.78, 5) is 38.2. The van der Waals surface area contributed by atoms with Crippen LogP contribution < -0.4 is 14.2 Å². The molecule has 3 rings (SSSR count). The summed E-state index contributed by atoms with van der Waals surface area (Å²) in [6.45, 7) is 4.03. The number of carbonyl (C=O) groups excluding carboxylic acids is 3. The maximum Gasteiger partial charge on any atom is 0.347 e. The molecule has 0 saturated heterocycles. The number of ketones is 1. The second kappa shape index (κ2) is 11.0. The van der Waals surface area contributed by atoms with Crippen molar-refractivity contribution < 1.29 is 38.4 Å². The molecule has 1 aliphatic heterocycles. The number of ether oxygens (including phenoxy) is 4. The number of Topliss-reactive ketones (excluding diaryl/α,β-unsaturated/α-hetero) is 1. The molecular formula is C26H30O8. The van der Waals surface area contributed by atoms with Crippen molar-refractivity contribution in [3.8, 4) is 28.7 Å². The number of phenolic OH excluding ortho intramolecular Hbond substituents is 1. The number of carbonyl (C=O) groups is 3. The minimum Gasteiger partial charge on any atom is -0.507 e. The number of phenols is 1. The van der Waals surface area contributed by atoms with Gasteiger partial charge in [0, 0.05) is 24.1 Å². The summed E-state index contributed by atoms with van der Waals surface area (Å²) < 4.78 is 22.0. The van der Waals surface area contributed by atoms with Crippen molar-refractivity contribution in [2.75, 3.05) is 14.2 Å². The van der Waals surface area contributed by atoms with Crippen LogP contribution in [0.2, 0.25) is 0 Å². The lowest BCUT2D eigenvalue weighted by Gasteiger charge is -2.17. The predicted octanol–water partition coefficient (Wildman–Crippen LogP) is 5.62. The van der Waals surface area contributed by atoms with E-state index in [-0.39, 0.29) is 51.2 Å². The van der Waals surface area contributed by atoms with Crippen LogP contribution in [0.4, 0.5) is 0 Å². The normalized spacial score (nSPS) is 12.1. The van der Waals surface area contributed by atoms with Crippen LogP contribution in [0, 0.1) is 0 Å². The van der Waals surface area contributed by atoms with E-state index in [1.165, 1.54) is 32.4 Å². The van der Waals surface area contributed by atoms with Gasteiger partial charge in [-0.3, -0.25) is 4.79 Å². The third-order valence-corrected chi connectivity index (χ3v) is 5.74. The number of rotatable bonds is 10. The molecule has 0 unspecified atom stereocenters. The molecule has 1 aliphatic rings. The zero-order chi connectivity index (χ0) is 24.8. The van der Waals surface area contributed by atoms with Crippen molar-refractivity contribution in [1.29, 1.82) is 0 Å². The van der Waals surface area contributed by atoms with Crippen molar-refractivity contribution in [1.82, 2.24) is 0 Å². The first-order chi connectivity index (χ1) is 16.4. The third kappa shape index (κ3) is 5.00. The first-order valence-corrected chi connectivity index (χ1v) is 11.5. The van der Waals surface area contributed by atoms with Crippen molar-refractivity contribution in [2.45, 2.75) is 58.8 Å². The van der Waals surface area contributed by atoms with Gasteiger partial charge in [-0.15, -0.1) is 0 Å². The fourth-order valence-electron chi connectivity index (χ4n) is 3.92. The number of unbranched alkanes of at least 4 members (excludes halogenated alkanes) is 3. The number of benzene rings is 2. The summed E-state index contributed by atoms with van der Waals surface area (Å²) in [5, 5.41) is 10.6. The Morgan fingerprint density at radius 2 is 1.71 bits per heavy atom. The summed E-state index contributed by atoms with van der Waals surface area (Å²) in [6, 6.07) is 4.06. The molecule has 182 valence electrons. The minimum atomic E-state index is -0.745. The van der Waals surface area contributed by atoms with E-state index >= 15 is 0 Å². The molecule has 8 nitrogen and oxygen atoms in total. The molecule has 2 aromatic carbocycles. The molecule has 0 aliphatic carbocycles. The van der Waals surface area contributed by atoms with Crippen LogP contribution >= 0.6 is 0 Å². The summed E-state index contributed by atoms with van der Waals surface area (Å²) in [6.07, 6.45) is 4.83. The van der Waals surface area contributed by atoms with Gasteiger partial charge in [0.15, 0.2) is 17.3 Å². The average Bonchev–Trinajstić information content (AvgIpc) is 2.96. The van der Waals surface area contributed by atoms with Crippen LogP contribution in [0.25, 0.3) is 0 Å². The Hall–Kier alpha value is -3.55. The Labute approximate surface area is 198 Å². The molecule has 0 amide bonds. The summed E-state index contributed by atoms with van der Waals surface area (Å²) in [5.41, 5.74) is 0.672. The van der Waals surface area contributed by atoms with Gasteiger partial charge in [0.25, 0.3) is 0 Å². The number of hydrogen-bond donors (Lipinski definition) is 1. The largest absolute Gasteiger partial charge is 0.507 e. The molecule has 8 heteroatoms. The standard InChI is InChI=1S/C26H30O8/c1-5-7-9-10-15-23(26(30)32-4)19(28)13-22-24(15)33-21-14-20(31-3)16(18(27)11-8-6-2)12-17(21)25(29)34-22/h12-14,28H,5-11H2,1-4H3. The zero-order valence-corrected chi connectivity index (χ0v) is 20.0. The SMILES string of the molecule is CCCCCc1c2c(cc(O)c1C(=O)OC)OC(=O)c1cc(C(=O)CCCC)c(OC)cc1O2. The first kappa shape index (κ1) is 25.1. The molecule has 34 heavy (non-hydrogen) atoms. The fourth-order valence-corrected chi connectivity index (χ4v) is 3.92. The average molecular weight is 471 g/mol. The van der Waals surface area contributed by atoms with Crippen LogP contribution in [-0.2, 0) is 11.2 Å². The highest BCUT2D eigenvalue weighted by atomic mass is 16.6. The van der Waals surface area contributed by atoms with Gasteiger partial charge in [-0.25, -0.2) is 9.59 Å². The van der Waals surface area contributed by atoms with E-state index in [1.54, 1.807) is 0 Å². The maximum absolute atomic E-state index is 13.0. The molecule has 0 saturated carbocycles. The topological polar surface area (TPSA) is 108 Å². The minimum absolute atomic E-state index is 0.0179. The number of aromatic hydroxyl groups is 1. The molecule has 1 heterocycles. The van der Waals surface area contributed by atoms with Gasteiger partial charge in [0.2, 0.25) is 0 Å². The van der Waals surface area contributed by atoms with Crippen molar-refractivity contribution in [3.63, 3.8) is 0 Å². The number of esters is 2. The van der Waals surface area contributed by atoms with Gasteiger partial charge in [0.1, 0.15) is 28.4 Å². The van der Waals surface area contributed by atoms with Crippen LogP contribution in [0.1, 0.15) is 89.0 Å². The van der Waals surface area contributed by atoms with E-state index in [2.05, 4.69) is 0 Å². The predicted molar refractivity (Wildman–Crippen MR) is 125 cm³/mol. The quantitative estimate of drug-likeness (QED) is 0.206. The van der Waals surface area contributed by atoms with E-state index < -0.39 is 11.9 Å². The number of methoxy groups -OCH3 is 2. The highest BCUT2D eigenvalue weighted by Gasteiger charge is 2.32. The Balaban J connectivity index is 2.16. The Kier molecular flexibility index (Phi) is 8.15. The second-order valence-electron chi connectivity index (χ2n) is 8.09. The van der Waals surface area contributed by atoms with Crippen LogP contribution in [-0.4, -0.2) is 37.0 Å². The van der Waals surface area contributed by atoms with Gasteiger partial charge in [-0.2, -0.15) is 0 Å². The summed E-state index contributed by atoms with van der Waals surface area (Å²) >= 11 is 0. The Morgan fingerprint density at radius 1 is 0.971 bits per heavy atom. The number of fused-ring (bicyclic) bond motifs is 2. The van der Waals surface area contributed by atoms with Gasteiger partial charge < -0.3 is 24.1 Å². The Morgan fingerprint density at radius 3 is 2.35 bits per heavy atom. The zero-order valence-electron chi connectivity index (χ0n) is 20.0. The fraction of sp³-hybridized carbons (Fsp3) is 0.423. The molecule has 0 bridgehead atoms. The molecule has 2 aromatic rings. The van der Waals surface area contributed by atoms with E-state index in [1.807, 2.05) is 13.8 Å². The van der Waals surface area contributed by atoms with Gasteiger partial charge >= 0.3 is 11.9 Å². The Bertz CT molecular complexity index is 1100. The molecule has 0 spiro atoms. The van der Waals surface area contributed by atoms with Crippen LogP contribution in [0.3, 0.4) is 0 Å². The van der Waals surface area contributed by atoms with Gasteiger partial charge in [-0.1, -0.05) is 33.1 Å². The lowest BCUT2D eigenvalue weighted by Crippen LogP contribution is -2.11. The molecule has 0 fully saturated rings. The van der Waals surface area contributed by atoms with E-state index in [9.17, 15) is 19.5 Å².